The van der Waals surface area contributed by atoms with E-state index in [0.717, 1.165) is 6.08 Å². The molecule has 4 aromatic rings. The molecule has 0 radical (unpaired) electrons. The molecule has 0 aliphatic heterocycles. The van der Waals surface area contributed by atoms with Crippen LogP contribution in [0.4, 0.5) is 74.6 Å². The Labute approximate surface area is 273 Å². The number of ether oxygens (including phenoxy) is 1. The minimum Gasteiger partial charge on any atom is -0.476 e. The minimum absolute atomic E-state index is 0.0339. The number of rotatable bonds is 12. The van der Waals surface area contributed by atoms with Gasteiger partial charge in [-0.15, -0.1) is 0 Å². The minimum atomic E-state index is -8.70. The summed E-state index contributed by atoms with van der Waals surface area (Å²) in [5, 5.41) is 0. The Bertz CT molecular complexity index is 1940. The summed E-state index contributed by atoms with van der Waals surface area (Å²) in [5.41, 5.74) is 1.21. The molecule has 0 fully saturated rings. The number of hydrogen-bond acceptors (Lipinski definition) is 5. The molecule has 0 atom stereocenters. The zero-order valence-corrected chi connectivity index (χ0v) is 24.8. The highest BCUT2D eigenvalue weighted by molar-refractivity contribution is 5.80. The molecule has 51 heavy (non-hydrogen) atoms. The third-order valence-electron chi connectivity index (χ3n) is 7.19. The van der Waals surface area contributed by atoms with Crippen molar-refractivity contribution in [3.63, 3.8) is 0 Å². The van der Waals surface area contributed by atoms with Crippen LogP contribution in [0.25, 0.3) is 34.2 Å². The monoisotopic (exact) mass is 760 g/mol. The predicted molar refractivity (Wildman–Crippen MR) is 144 cm³/mol. The zero-order chi connectivity index (χ0) is 38.6. The van der Waals surface area contributed by atoms with E-state index in [0.29, 0.717) is 16.7 Å². The van der Waals surface area contributed by atoms with Crippen molar-refractivity contribution in [3.8, 4) is 5.88 Å². The van der Waals surface area contributed by atoms with Crippen LogP contribution in [0.2, 0.25) is 0 Å². The quantitative estimate of drug-likeness (QED) is 0.135. The van der Waals surface area contributed by atoms with Gasteiger partial charge in [0.15, 0.2) is 0 Å². The Morgan fingerprint density at radius 2 is 0.863 bits per heavy atom. The van der Waals surface area contributed by atoms with Crippen LogP contribution in [0, 0.1) is 6.92 Å². The molecule has 0 bridgehead atoms. The summed E-state index contributed by atoms with van der Waals surface area (Å²) in [6.45, 7) is -0.339. The summed E-state index contributed by atoms with van der Waals surface area (Å²) < 4.78 is 236. The van der Waals surface area contributed by atoms with E-state index >= 15 is 0 Å². The SMILES string of the molecule is Cc1nc2ccccc2nc1/C=C/c1nc2ccccc2nc1OCCC(F)(F)C(F)(F)C(F)(F)C(F)(F)C(F)(F)C(F)(F)C(F)(F)C(F)(F)F. The Balaban J connectivity index is 1.63. The number of para-hydroxylation sites is 4. The van der Waals surface area contributed by atoms with Gasteiger partial charge in [-0.3, -0.25) is 0 Å². The lowest BCUT2D eigenvalue weighted by Gasteiger charge is -2.42. The standard InChI is InChI=1S/C29H17F17N4O/c1-14-15(48-17-7-3-2-6-16(17)47-14)10-11-20-21(50-19-9-5-4-8-18(19)49-20)51-13-12-22(30,31)23(32,33)24(34,35)25(36,37)26(38,39)27(40,41)28(42,43)29(44,45)46/h2-11H,12-13H2,1H3/b11-10+. The first-order valence-corrected chi connectivity index (χ1v) is 13.7. The third-order valence-corrected chi connectivity index (χ3v) is 7.19. The van der Waals surface area contributed by atoms with Crippen molar-refractivity contribution in [3.05, 3.63) is 65.6 Å². The zero-order valence-electron chi connectivity index (χ0n) is 24.8. The first-order chi connectivity index (χ1) is 23.1. The van der Waals surface area contributed by atoms with Gasteiger partial charge in [-0.1, -0.05) is 24.3 Å². The summed E-state index contributed by atoms with van der Waals surface area (Å²) in [7, 11) is 0. The molecule has 4 rings (SSSR count). The summed E-state index contributed by atoms with van der Waals surface area (Å²) in [4.78, 5) is 16.7. The average molecular weight is 760 g/mol. The average Bonchev–Trinajstić information content (AvgIpc) is 3.02. The molecule has 278 valence electrons. The third kappa shape index (κ3) is 6.33. The van der Waals surface area contributed by atoms with Crippen LogP contribution in [0.1, 0.15) is 23.5 Å². The van der Waals surface area contributed by atoms with Gasteiger partial charge in [0.1, 0.15) is 5.69 Å². The Hall–Kier alpha value is -4.53. The summed E-state index contributed by atoms with van der Waals surface area (Å²) >= 11 is 0. The lowest BCUT2D eigenvalue weighted by Crippen LogP contribution is -2.74. The van der Waals surface area contributed by atoms with Crippen molar-refractivity contribution in [2.75, 3.05) is 6.61 Å². The maximum Gasteiger partial charge on any atom is 0.460 e. The first kappa shape index (κ1) is 39.3. The van der Waals surface area contributed by atoms with Crippen molar-refractivity contribution < 1.29 is 79.4 Å². The fourth-order valence-electron chi connectivity index (χ4n) is 4.26. The van der Waals surface area contributed by atoms with Gasteiger partial charge in [-0.25, -0.2) is 19.9 Å². The molecule has 0 aliphatic rings. The van der Waals surface area contributed by atoms with Crippen molar-refractivity contribution in [2.45, 2.75) is 61.0 Å². The highest BCUT2D eigenvalue weighted by Gasteiger charge is 2.95. The number of alkyl halides is 17. The topological polar surface area (TPSA) is 60.8 Å². The molecule has 22 heteroatoms. The van der Waals surface area contributed by atoms with E-state index < -0.39 is 66.5 Å². The lowest BCUT2D eigenvalue weighted by atomic mass is 9.88. The molecular weight excluding hydrogens is 743 g/mol. The molecule has 0 spiro atoms. The van der Waals surface area contributed by atoms with Crippen LogP contribution >= 0.6 is 0 Å². The highest BCUT2D eigenvalue weighted by atomic mass is 19.4. The number of fused-ring (bicyclic) bond motifs is 2. The highest BCUT2D eigenvalue weighted by Crippen LogP contribution is 2.64. The molecule has 2 aromatic heterocycles. The smallest absolute Gasteiger partial charge is 0.460 e. The number of hydrogen-bond donors (Lipinski definition) is 0. The van der Waals surface area contributed by atoms with Crippen LogP contribution in [0.5, 0.6) is 5.88 Å². The van der Waals surface area contributed by atoms with Gasteiger partial charge in [0.25, 0.3) is 0 Å². The van der Waals surface area contributed by atoms with Crippen LogP contribution in [-0.2, 0) is 0 Å². The van der Waals surface area contributed by atoms with Gasteiger partial charge in [0.2, 0.25) is 5.88 Å². The lowest BCUT2D eigenvalue weighted by molar-refractivity contribution is -0.461. The molecule has 5 nitrogen and oxygen atoms in total. The molecule has 0 amide bonds. The number of halogens is 17. The van der Waals surface area contributed by atoms with Crippen LogP contribution in [-0.4, -0.2) is 74.2 Å². The summed E-state index contributed by atoms with van der Waals surface area (Å²) in [6, 6.07) is 12.1. The van der Waals surface area contributed by atoms with Crippen LogP contribution < -0.4 is 4.74 Å². The maximum absolute atomic E-state index is 14.5. The van der Waals surface area contributed by atoms with E-state index in [2.05, 4.69) is 19.9 Å². The van der Waals surface area contributed by atoms with Crippen molar-refractivity contribution >= 4 is 34.2 Å². The fourth-order valence-corrected chi connectivity index (χ4v) is 4.26. The van der Waals surface area contributed by atoms with E-state index in [4.69, 9.17) is 4.74 Å². The first-order valence-electron chi connectivity index (χ1n) is 13.7. The van der Waals surface area contributed by atoms with Gasteiger partial charge in [-0.05, 0) is 43.3 Å². The molecule has 0 N–H and O–H groups in total. The van der Waals surface area contributed by atoms with E-state index in [1.54, 1.807) is 31.2 Å². The second-order valence-electron chi connectivity index (χ2n) is 10.7. The fraction of sp³-hybridized carbons (Fsp3) is 0.379. The molecular formula is C29H17F17N4O. The van der Waals surface area contributed by atoms with Gasteiger partial charge >= 0.3 is 47.6 Å². The van der Waals surface area contributed by atoms with Crippen molar-refractivity contribution in [1.82, 2.24) is 19.9 Å². The number of nitrogens with zero attached hydrogens (tertiary/aromatic N) is 4. The Morgan fingerprint density at radius 3 is 1.33 bits per heavy atom. The van der Waals surface area contributed by atoms with Gasteiger partial charge < -0.3 is 4.74 Å². The Kier molecular flexibility index (Phi) is 9.70. The molecule has 0 aliphatic carbocycles. The van der Waals surface area contributed by atoms with Crippen molar-refractivity contribution in [1.29, 1.82) is 0 Å². The predicted octanol–water partition coefficient (Wildman–Crippen LogP) is 9.83. The van der Waals surface area contributed by atoms with Crippen LogP contribution in [0.15, 0.2) is 48.5 Å². The molecule has 0 unspecified atom stereocenters. The molecule has 0 saturated carbocycles. The van der Waals surface area contributed by atoms with Gasteiger partial charge in [0.05, 0.1) is 46.5 Å². The van der Waals surface area contributed by atoms with Crippen molar-refractivity contribution in [2.24, 2.45) is 0 Å². The second kappa shape index (κ2) is 12.6. The van der Waals surface area contributed by atoms with Crippen LogP contribution in [0.3, 0.4) is 0 Å². The van der Waals surface area contributed by atoms with E-state index in [1.807, 2.05) is 0 Å². The normalized spacial score (nSPS) is 14.5. The maximum atomic E-state index is 14.5. The van der Waals surface area contributed by atoms with Gasteiger partial charge in [0, 0.05) is 0 Å². The Morgan fingerprint density at radius 1 is 0.490 bits per heavy atom. The molecule has 2 aromatic carbocycles. The number of aryl methyl sites for hydroxylation is 1. The summed E-state index contributed by atoms with van der Waals surface area (Å²) in [5.74, 6) is -57.8. The largest absolute Gasteiger partial charge is 0.476 e. The number of aromatic nitrogens is 4. The number of benzene rings is 2. The van der Waals surface area contributed by atoms with E-state index in [1.165, 1.54) is 30.3 Å². The van der Waals surface area contributed by atoms with Gasteiger partial charge in [-0.2, -0.15) is 74.6 Å². The van der Waals surface area contributed by atoms with E-state index in [-0.39, 0.29) is 22.4 Å². The second-order valence-corrected chi connectivity index (χ2v) is 10.7. The molecule has 0 saturated heterocycles. The molecule has 2 heterocycles. The summed E-state index contributed by atoms with van der Waals surface area (Å²) in [6.07, 6.45) is -8.24. The van der Waals surface area contributed by atoms with E-state index in [9.17, 15) is 74.6 Å².